The molecule has 0 aliphatic rings. The minimum atomic E-state index is -4.45. The van der Waals surface area contributed by atoms with E-state index in [1.807, 2.05) is 6.26 Å². The summed E-state index contributed by atoms with van der Waals surface area (Å²) < 4.78 is 43.5. The van der Waals surface area contributed by atoms with Gasteiger partial charge in [-0.1, -0.05) is 12.1 Å². The molecular formula is C13H10F3NOS. The quantitative estimate of drug-likeness (QED) is 0.768. The SMILES string of the molecule is CSc1ccc(Oc2ccccc2C(F)(F)F)nc1. The maximum absolute atomic E-state index is 12.8. The number of aromatic nitrogens is 1. The van der Waals surface area contributed by atoms with Crippen molar-refractivity contribution in [3.05, 3.63) is 48.2 Å². The molecule has 0 atom stereocenters. The summed E-state index contributed by atoms with van der Waals surface area (Å²) in [7, 11) is 0. The lowest BCUT2D eigenvalue weighted by Gasteiger charge is -2.12. The number of hydrogen-bond acceptors (Lipinski definition) is 3. The smallest absolute Gasteiger partial charge is 0.419 e. The Labute approximate surface area is 112 Å². The number of para-hydroxylation sites is 1. The van der Waals surface area contributed by atoms with E-state index in [1.165, 1.54) is 30.0 Å². The third kappa shape index (κ3) is 3.41. The van der Waals surface area contributed by atoms with Crippen LogP contribution in [0.3, 0.4) is 0 Å². The Morgan fingerprint density at radius 3 is 2.42 bits per heavy atom. The van der Waals surface area contributed by atoms with Gasteiger partial charge in [0.15, 0.2) is 0 Å². The molecule has 0 saturated carbocycles. The second-order valence-electron chi connectivity index (χ2n) is 3.63. The zero-order valence-electron chi connectivity index (χ0n) is 9.94. The third-order valence-electron chi connectivity index (χ3n) is 2.35. The number of nitrogens with zero attached hydrogens (tertiary/aromatic N) is 1. The molecule has 0 spiro atoms. The first-order valence-corrected chi connectivity index (χ1v) is 6.57. The van der Waals surface area contributed by atoms with Crippen molar-refractivity contribution < 1.29 is 17.9 Å². The average molecular weight is 285 g/mol. The highest BCUT2D eigenvalue weighted by molar-refractivity contribution is 7.98. The number of thioether (sulfide) groups is 1. The molecule has 19 heavy (non-hydrogen) atoms. The summed E-state index contributed by atoms with van der Waals surface area (Å²) in [5.41, 5.74) is -0.814. The fraction of sp³-hybridized carbons (Fsp3) is 0.154. The van der Waals surface area contributed by atoms with Gasteiger partial charge in [0.1, 0.15) is 5.75 Å². The number of hydrogen-bond donors (Lipinski definition) is 0. The van der Waals surface area contributed by atoms with Gasteiger partial charge in [0.05, 0.1) is 5.56 Å². The van der Waals surface area contributed by atoms with Crippen LogP contribution in [-0.4, -0.2) is 11.2 Å². The lowest BCUT2D eigenvalue weighted by Crippen LogP contribution is -2.07. The van der Waals surface area contributed by atoms with Gasteiger partial charge in [-0.05, 0) is 24.5 Å². The van der Waals surface area contributed by atoms with E-state index in [4.69, 9.17) is 4.74 Å². The first-order chi connectivity index (χ1) is 9.00. The molecule has 100 valence electrons. The highest BCUT2D eigenvalue weighted by Crippen LogP contribution is 2.37. The lowest BCUT2D eigenvalue weighted by atomic mass is 10.2. The average Bonchev–Trinajstić information content (AvgIpc) is 2.39. The molecule has 2 rings (SSSR count). The minimum Gasteiger partial charge on any atom is -0.438 e. The number of alkyl halides is 3. The van der Waals surface area contributed by atoms with Crippen LogP contribution in [0, 0.1) is 0 Å². The zero-order chi connectivity index (χ0) is 13.9. The van der Waals surface area contributed by atoms with E-state index >= 15 is 0 Å². The van der Waals surface area contributed by atoms with Gasteiger partial charge in [-0.15, -0.1) is 11.8 Å². The normalized spacial score (nSPS) is 11.4. The number of rotatable bonds is 3. The van der Waals surface area contributed by atoms with E-state index in [9.17, 15) is 13.2 Å². The highest BCUT2D eigenvalue weighted by Gasteiger charge is 2.34. The fourth-order valence-corrected chi connectivity index (χ4v) is 1.81. The Hall–Kier alpha value is -1.69. The van der Waals surface area contributed by atoms with Gasteiger partial charge in [-0.2, -0.15) is 13.2 Å². The molecule has 1 aromatic heterocycles. The fourth-order valence-electron chi connectivity index (χ4n) is 1.45. The van der Waals surface area contributed by atoms with Crippen LogP contribution >= 0.6 is 11.8 Å². The van der Waals surface area contributed by atoms with Crippen molar-refractivity contribution in [3.8, 4) is 11.6 Å². The number of pyridine rings is 1. The molecule has 0 aliphatic heterocycles. The zero-order valence-corrected chi connectivity index (χ0v) is 10.8. The molecule has 2 aromatic rings. The van der Waals surface area contributed by atoms with Crippen LogP contribution in [0.1, 0.15) is 5.56 Å². The van der Waals surface area contributed by atoms with Crippen molar-refractivity contribution in [1.29, 1.82) is 0 Å². The van der Waals surface area contributed by atoms with Gasteiger partial charge in [0.25, 0.3) is 0 Å². The summed E-state index contributed by atoms with van der Waals surface area (Å²) in [4.78, 5) is 4.87. The van der Waals surface area contributed by atoms with Gasteiger partial charge in [-0.3, -0.25) is 0 Å². The largest absolute Gasteiger partial charge is 0.438 e. The topological polar surface area (TPSA) is 22.1 Å². The summed E-state index contributed by atoms with van der Waals surface area (Å²) >= 11 is 1.49. The molecule has 1 heterocycles. The van der Waals surface area contributed by atoms with Gasteiger partial charge < -0.3 is 4.74 Å². The van der Waals surface area contributed by atoms with E-state index in [-0.39, 0.29) is 11.6 Å². The number of halogens is 3. The first kappa shape index (κ1) is 13.7. The molecule has 0 aliphatic carbocycles. The predicted molar refractivity (Wildman–Crippen MR) is 67.5 cm³/mol. The summed E-state index contributed by atoms with van der Waals surface area (Å²) in [6.07, 6.45) is -1.01. The highest BCUT2D eigenvalue weighted by atomic mass is 32.2. The van der Waals surface area contributed by atoms with Gasteiger partial charge in [0.2, 0.25) is 5.88 Å². The van der Waals surface area contributed by atoms with Crippen molar-refractivity contribution in [2.75, 3.05) is 6.26 Å². The Morgan fingerprint density at radius 1 is 1.11 bits per heavy atom. The van der Waals surface area contributed by atoms with Gasteiger partial charge in [0, 0.05) is 17.2 Å². The Bertz CT molecular complexity index is 555. The molecule has 0 N–H and O–H groups in total. The van der Waals surface area contributed by atoms with E-state index in [2.05, 4.69) is 4.98 Å². The van der Waals surface area contributed by atoms with Gasteiger partial charge in [-0.25, -0.2) is 4.98 Å². The number of ether oxygens (including phenoxy) is 1. The molecule has 0 fully saturated rings. The van der Waals surface area contributed by atoms with Crippen molar-refractivity contribution >= 4 is 11.8 Å². The van der Waals surface area contributed by atoms with E-state index in [1.54, 1.807) is 18.3 Å². The number of benzene rings is 1. The first-order valence-electron chi connectivity index (χ1n) is 5.35. The second kappa shape index (κ2) is 5.52. The Morgan fingerprint density at radius 2 is 1.84 bits per heavy atom. The van der Waals surface area contributed by atoms with Crippen molar-refractivity contribution in [2.45, 2.75) is 11.1 Å². The standard InChI is InChI=1S/C13H10F3NOS/c1-19-9-6-7-12(17-8-9)18-11-5-3-2-4-10(11)13(14,15)16/h2-8H,1H3. The molecule has 0 bridgehead atoms. The molecule has 6 heteroatoms. The monoisotopic (exact) mass is 285 g/mol. The predicted octanol–water partition coefficient (Wildman–Crippen LogP) is 4.61. The van der Waals surface area contributed by atoms with Crippen LogP contribution in [0.25, 0.3) is 0 Å². The van der Waals surface area contributed by atoms with Crippen LogP contribution in [0.2, 0.25) is 0 Å². The molecule has 0 radical (unpaired) electrons. The van der Waals surface area contributed by atoms with Crippen molar-refractivity contribution in [1.82, 2.24) is 4.98 Å². The summed E-state index contributed by atoms with van der Waals surface area (Å²) in [6.45, 7) is 0. The van der Waals surface area contributed by atoms with Gasteiger partial charge >= 0.3 is 6.18 Å². The van der Waals surface area contributed by atoms with Crippen LogP contribution in [0.15, 0.2) is 47.5 Å². The van der Waals surface area contributed by atoms with Crippen LogP contribution < -0.4 is 4.74 Å². The molecule has 0 unspecified atom stereocenters. The van der Waals surface area contributed by atoms with Crippen molar-refractivity contribution in [2.24, 2.45) is 0 Å². The van der Waals surface area contributed by atoms with Crippen LogP contribution in [0.4, 0.5) is 13.2 Å². The summed E-state index contributed by atoms with van der Waals surface area (Å²) in [5.74, 6) is -0.117. The Balaban J connectivity index is 2.28. The second-order valence-corrected chi connectivity index (χ2v) is 4.51. The van der Waals surface area contributed by atoms with E-state index in [0.717, 1.165) is 11.0 Å². The molecular weight excluding hydrogens is 275 g/mol. The molecule has 0 saturated heterocycles. The van der Waals surface area contributed by atoms with Crippen LogP contribution in [-0.2, 0) is 6.18 Å². The summed E-state index contributed by atoms with van der Waals surface area (Å²) in [6, 6.07) is 8.33. The third-order valence-corrected chi connectivity index (χ3v) is 3.06. The molecule has 2 nitrogen and oxygen atoms in total. The Kier molecular flexibility index (Phi) is 3.99. The molecule has 0 amide bonds. The van der Waals surface area contributed by atoms with Crippen LogP contribution in [0.5, 0.6) is 11.6 Å². The van der Waals surface area contributed by atoms with E-state index in [0.29, 0.717) is 0 Å². The molecule has 1 aromatic carbocycles. The maximum Gasteiger partial charge on any atom is 0.419 e. The minimum absolute atomic E-state index is 0.134. The van der Waals surface area contributed by atoms with Crippen molar-refractivity contribution in [3.63, 3.8) is 0 Å². The summed E-state index contributed by atoms with van der Waals surface area (Å²) in [5, 5.41) is 0. The lowest BCUT2D eigenvalue weighted by molar-refractivity contribution is -0.138. The van der Waals surface area contributed by atoms with E-state index < -0.39 is 11.7 Å². The maximum atomic E-state index is 12.8.